The molecule has 0 fully saturated rings. The van der Waals surface area contributed by atoms with Crippen LogP contribution < -0.4 is 0 Å². The predicted octanol–water partition coefficient (Wildman–Crippen LogP) is 1.41. The number of carbonyl (C=O) groups is 1. The number of azide groups is 1. The van der Waals surface area contributed by atoms with Gasteiger partial charge in [0.2, 0.25) is 0 Å². The lowest BCUT2D eigenvalue weighted by atomic mass is 10.3. The van der Waals surface area contributed by atoms with E-state index in [1.807, 2.05) is 0 Å². The Hall–Kier alpha value is -1.48. The minimum Gasteiger partial charge on any atom is -0.465 e. The third kappa shape index (κ3) is 3.27. The summed E-state index contributed by atoms with van der Waals surface area (Å²) in [5.74, 6) is -0.569. The van der Waals surface area contributed by atoms with Gasteiger partial charge in [-0.1, -0.05) is 11.2 Å². The third-order valence-electron chi connectivity index (χ3n) is 0.927. The molecule has 0 aliphatic rings. The van der Waals surface area contributed by atoms with Gasteiger partial charge in [-0.2, -0.15) is 0 Å². The predicted molar refractivity (Wildman–Crippen MR) is 39.8 cm³/mol. The average Bonchev–Trinajstić information content (AvgIpc) is 2.00. The Bertz CT molecular complexity index is 196. The standard InChI is InChI=1S/C6H9N3O2/c1-3-5(8-9-7)6(10)11-4-2/h3,5H,1,4H2,2H3. The summed E-state index contributed by atoms with van der Waals surface area (Å²) in [6, 6.07) is -0.903. The molecule has 1 atom stereocenters. The van der Waals surface area contributed by atoms with E-state index in [0.29, 0.717) is 0 Å². The first-order valence-corrected chi connectivity index (χ1v) is 3.09. The molecule has 1 unspecified atom stereocenters. The second-order valence-electron chi connectivity index (χ2n) is 1.64. The molecule has 0 aliphatic heterocycles. The molecule has 0 radical (unpaired) electrons. The van der Waals surface area contributed by atoms with E-state index in [1.54, 1.807) is 6.92 Å². The summed E-state index contributed by atoms with van der Waals surface area (Å²) in [7, 11) is 0. The van der Waals surface area contributed by atoms with Crippen molar-refractivity contribution >= 4 is 5.97 Å². The quantitative estimate of drug-likeness (QED) is 0.202. The summed E-state index contributed by atoms with van der Waals surface area (Å²) in [5.41, 5.74) is 7.99. The Morgan fingerprint density at radius 2 is 2.64 bits per heavy atom. The molecule has 5 heteroatoms. The zero-order valence-corrected chi connectivity index (χ0v) is 6.23. The van der Waals surface area contributed by atoms with Crippen molar-refractivity contribution in [2.75, 3.05) is 6.61 Å². The van der Waals surface area contributed by atoms with Gasteiger partial charge in [0.15, 0.2) is 6.04 Å². The van der Waals surface area contributed by atoms with E-state index in [-0.39, 0.29) is 6.61 Å². The molecule has 0 saturated carbocycles. The summed E-state index contributed by atoms with van der Waals surface area (Å²) in [4.78, 5) is 13.3. The molecule has 0 saturated heterocycles. The second kappa shape index (κ2) is 5.32. The van der Waals surface area contributed by atoms with Crippen LogP contribution in [0.1, 0.15) is 6.92 Å². The molecule has 0 amide bonds. The van der Waals surface area contributed by atoms with Crippen LogP contribution in [0.5, 0.6) is 0 Å². The molecule has 0 aromatic carbocycles. The minimum atomic E-state index is -0.903. The largest absolute Gasteiger partial charge is 0.465 e. The van der Waals surface area contributed by atoms with Crippen molar-refractivity contribution in [2.24, 2.45) is 5.11 Å². The molecule has 0 aromatic heterocycles. The van der Waals surface area contributed by atoms with E-state index < -0.39 is 12.0 Å². The number of carbonyl (C=O) groups excluding carboxylic acids is 1. The Morgan fingerprint density at radius 3 is 3.00 bits per heavy atom. The summed E-state index contributed by atoms with van der Waals surface area (Å²) in [5, 5.41) is 3.15. The van der Waals surface area contributed by atoms with Crippen molar-refractivity contribution in [2.45, 2.75) is 13.0 Å². The Labute approximate surface area is 64.3 Å². The minimum absolute atomic E-state index is 0.268. The normalized spacial score (nSPS) is 11.0. The highest BCUT2D eigenvalue weighted by atomic mass is 16.5. The van der Waals surface area contributed by atoms with E-state index in [9.17, 15) is 4.79 Å². The topological polar surface area (TPSA) is 75.1 Å². The first-order valence-electron chi connectivity index (χ1n) is 3.09. The molecule has 0 spiro atoms. The maximum atomic E-state index is 10.8. The van der Waals surface area contributed by atoms with Gasteiger partial charge in [-0.25, -0.2) is 0 Å². The number of nitrogens with zero attached hydrogens (tertiary/aromatic N) is 3. The van der Waals surface area contributed by atoms with Crippen molar-refractivity contribution in [3.8, 4) is 0 Å². The van der Waals surface area contributed by atoms with Crippen LogP contribution in [0.4, 0.5) is 0 Å². The molecule has 0 aromatic rings. The molecular weight excluding hydrogens is 146 g/mol. The van der Waals surface area contributed by atoms with Crippen molar-refractivity contribution < 1.29 is 9.53 Å². The summed E-state index contributed by atoms with van der Waals surface area (Å²) in [6.45, 7) is 5.26. The maximum absolute atomic E-state index is 10.8. The van der Waals surface area contributed by atoms with Crippen LogP contribution in [-0.2, 0) is 9.53 Å². The highest BCUT2D eigenvalue weighted by molar-refractivity contribution is 5.78. The van der Waals surface area contributed by atoms with Crippen LogP contribution in [0, 0.1) is 0 Å². The van der Waals surface area contributed by atoms with Crippen LogP contribution in [0.25, 0.3) is 10.4 Å². The van der Waals surface area contributed by atoms with Crippen molar-refractivity contribution in [3.63, 3.8) is 0 Å². The molecule has 0 rings (SSSR count). The number of ether oxygens (including phenoxy) is 1. The van der Waals surface area contributed by atoms with Gasteiger partial charge in [0.1, 0.15) is 0 Å². The molecular formula is C6H9N3O2. The van der Waals surface area contributed by atoms with Gasteiger partial charge in [0.25, 0.3) is 0 Å². The molecule has 0 N–H and O–H groups in total. The Morgan fingerprint density at radius 1 is 2.00 bits per heavy atom. The smallest absolute Gasteiger partial charge is 0.318 e. The lowest BCUT2D eigenvalue weighted by molar-refractivity contribution is -0.143. The van der Waals surface area contributed by atoms with E-state index in [0.717, 1.165) is 0 Å². The van der Waals surface area contributed by atoms with Crippen LogP contribution in [-0.4, -0.2) is 18.6 Å². The molecule has 0 heterocycles. The van der Waals surface area contributed by atoms with Crippen molar-refractivity contribution in [1.29, 1.82) is 0 Å². The van der Waals surface area contributed by atoms with E-state index in [1.165, 1.54) is 6.08 Å². The maximum Gasteiger partial charge on any atom is 0.318 e. The first-order chi connectivity index (χ1) is 5.26. The van der Waals surface area contributed by atoms with E-state index in [2.05, 4.69) is 21.3 Å². The second-order valence-corrected chi connectivity index (χ2v) is 1.64. The monoisotopic (exact) mass is 155 g/mol. The zero-order valence-electron chi connectivity index (χ0n) is 6.23. The van der Waals surface area contributed by atoms with Crippen LogP contribution in [0.15, 0.2) is 17.8 Å². The third-order valence-corrected chi connectivity index (χ3v) is 0.927. The van der Waals surface area contributed by atoms with Gasteiger partial charge in [-0.3, -0.25) is 4.79 Å². The summed E-state index contributed by atoms with van der Waals surface area (Å²) < 4.78 is 4.57. The molecule has 60 valence electrons. The fourth-order valence-corrected chi connectivity index (χ4v) is 0.474. The average molecular weight is 155 g/mol. The van der Waals surface area contributed by atoms with Gasteiger partial charge < -0.3 is 4.74 Å². The lowest BCUT2D eigenvalue weighted by Gasteiger charge is -2.03. The fourth-order valence-electron chi connectivity index (χ4n) is 0.474. The molecule has 0 aliphatic carbocycles. The van der Waals surface area contributed by atoms with Gasteiger partial charge >= 0.3 is 5.97 Å². The molecule has 0 bridgehead atoms. The van der Waals surface area contributed by atoms with Crippen molar-refractivity contribution in [3.05, 3.63) is 23.1 Å². The van der Waals surface area contributed by atoms with Crippen LogP contribution >= 0.6 is 0 Å². The van der Waals surface area contributed by atoms with Crippen LogP contribution in [0.3, 0.4) is 0 Å². The summed E-state index contributed by atoms with van der Waals surface area (Å²) >= 11 is 0. The number of hydrogen-bond acceptors (Lipinski definition) is 3. The lowest BCUT2D eigenvalue weighted by Crippen LogP contribution is -2.18. The highest BCUT2D eigenvalue weighted by Gasteiger charge is 2.12. The van der Waals surface area contributed by atoms with Gasteiger partial charge in [0.05, 0.1) is 6.61 Å². The fraction of sp³-hybridized carbons (Fsp3) is 0.500. The van der Waals surface area contributed by atoms with Gasteiger partial charge in [-0.05, 0) is 12.5 Å². The molecule has 5 nitrogen and oxygen atoms in total. The number of hydrogen-bond donors (Lipinski definition) is 0. The van der Waals surface area contributed by atoms with Gasteiger partial charge in [-0.15, -0.1) is 6.58 Å². The summed E-state index contributed by atoms with van der Waals surface area (Å²) in [6.07, 6.45) is 1.23. The number of rotatable bonds is 4. The van der Waals surface area contributed by atoms with Crippen LogP contribution in [0.2, 0.25) is 0 Å². The van der Waals surface area contributed by atoms with E-state index >= 15 is 0 Å². The Balaban J connectivity index is 4.13. The SMILES string of the molecule is C=CC(N=[N+]=[N-])C(=O)OCC. The first kappa shape index (κ1) is 9.52. The molecule has 11 heavy (non-hydrogen) atoms. The Kier molecular flexibility index (Phi) is 4.60. The number of esters is 1. The van der Waals surface area contributed by atoms with Crippen molar-refractivity contribution in [1.82, 2.24) is 0 Å². The highest BCUT2D eigenvalue weighted by Crippen LogP contribution is 1.96. The van der Waals surface area contributed by atoms with Gasteiger partial charge in [0, 0.05) is 4.91 Å². The van der Waals surface area contributed by atoms with E-state index in [4.69, 9.17) is 5.53 Å². The zero-order chi connectivity index (χ0) is 8.69.